The summed E-state index contributed by atoms with van der Waals surface area (Å²) in [6.45, 7) is 5.25. The van der Waals surface area contributed by atoms with Gasteiger partial charge in [0.25, 0.3) is 5.91 Å². The van der Waals surface area contributed by atoms with Crippen LogP contribution in [0, 0.1) is 0 Å². The number of fused-ring (bicyclic) bond motifs is 1. The molecule has 1 aromatic carbocycles. The van der Waals surface area contributed by atoms with Crippen molar-refractivity contribution in [2.24, 2.45) is 5.73 Å². The monoisotopic (exact) mass is 277 g/mol. The van der Waals surface area contributed by atoms with Crippen LogP contribution < -0.4 is 21.1 Å². The Morgan fingerprint density at radius 3 is 2.85 bits per heavy atom. The standard InChI is InChI=1S/C14H19N3O3/c1-8-13(19)17-10-6-9(4-5-11(10)20-8)16-12(18)7-14(2,3)15/h4-6,8H,7,15H2,1-3H3,(H,16,18)(H,17,19). The van der Waals surface area contributed by atoms with Crippen LogP contribution in [0.5, 0.6) is 5.75 Å². The number of ether oxygens (including phenoxy) is 1. The summed E-state index contributed by atoms with van der Waals surface area (Å²) in [6, 6.07) is 5.11. The van der Waals surface area contributed by atoms with Crippen molar-refractivity contribution < 1.29 is 14.3 Å². The predicted octanol–water partition coefficient (Wildman–Crippen LogP) is 1.47. The number of amides is 2. The number of nitrogens with two attached hydrogens (primary N) is 1. The van der Waals surface area contributed by atoms with Crippen molar-refractivity contribution in [2.75, 3.05) is 10.6 Å². The molecule has 0 spiro atoms. The fraction of sp³-hybridized carbons (Fsp3) is 0.429. The molecule has 0 fully saturated rings. The minimum atomic E-state index is -0.564. The van der Waals surface area contributed by atoms with Gasteiger partial charge in [0.05, 0.1) is 5.69 Å². The molecule has 0 radical (unpaired) electrons. The van der Waals surface area contributed by atoms with Gasteiger partial charge in [-0.05, 0) is 39.0 Å². The molecule has 20 heavy (non-hydrogen) atoms. The summed E-state index contributed by atoms with van der Waals surface area (Å²) in [5.74, 6) is 0.215. The lowest BCUT2D eigenvalue weighted by molar-refractivity contribution is -0.122. The maximum atomic E-state index is 11.8. The molecular formula is C14H19N3O3. The zero-order valence-electron chi connectivity index (χ0n) is 11.8. The molecule has 6 nitrogen and oxygen atoms in total. The Kier molecular flexibility index (Phi) is 3.67. The third-order valence-corrected chi connectivity index (χ3v) is 2.81. The van der Waals surface area contributed by atoms with Crippen LogP contribution in [0.25, 0.3) is 0 Å². The van der Waals surface area contributed by atoms with Crippen molar-refractivity contribution in [3.05, 3.63) is 18.2 Å². The van der Waals surface area contributed by atoms with Crippen LogP contribution in [-0.4, -0.2) is 23.5 Å². The van der Waals surface area contributed by atoms with Gasteiger partial charge in [-0.25, -0.2) is 0 Å². The Labute approximate surface area is 117 Å². The summed E-state index contributed by atoms with van der Waals surface area (Å²) in [7, 11) is 0. The number of carbonyl (C=O) groups is 2. The van der Waals surface area contributed by atoms with E-state index in [0.717, 1.165) is 0 Å². The lowest BCUT2D eigenvalue weighted by Gasteiger charge is -2.24. The Morgan fingerprint density at radius 1 is 1.50 bits per heavy atom. The highest BCUT2D eigenvalue weighted by Gasteiger charge is 2.24. The largest absolute Gasteiger partial charge is 0.479 e. The quantitative estimate of drug-likeness (QED) is 0.780. The zero-order valence-corrected chi connectivity index (χ0v) is 11.8. The highest BCUT2D eigenvalue weighted by molar-refractivity contribution is 5.99. The molecule has 0 aliphatic carbocycles. The Balaban J connectivity index is 2.10. The number of rotatable bonds is 3. The minimum Gasteiger partial charge on any atom is -0.479 e. The van der Waals surface area contributed by atoms with Gasteiger partial charge in [-0.15, -0.1) is 0 Å². The van der Waals surface area contributed by atoms with Crippen LogP contribution in [0.3, 0.4) is 0 Å². The third kappa shape index (κ3) is 3.48. The van der Waals surface area contributed by atoms with Crippen LogP contribution in [0.4, 0.5) is 11.4 Å². The maximum Gasteiger partial charge on any atom is 0.265 e. The summed E-state index contributed by atoms with van der Waals surface area (Å²) in [5.41, 5.74) is 6.38. The van der Waals surface area contributed by atoms with Gasteiger partial charge in [0.1, 0.15) is 5.75 Å². The van der Waals surface area contributed by atoms with E-state index in [1.807, 2.05) is 0 Å². The van der Waals surface area contributed by atoms with Crippen LogP contribution in [0.2, 0.25) is 0 Å². The van der Waals surface area contributed by atoms with Gasteiger partial charge in [0.2, 0.25) is 5.91 Å². The Morgan fingerprint density at radius 2 is 2.20 bits per heavy atom. The lowest BCUT2D eigenvalue weighted by Crippen LogP contribution is -2.36. The molecule has 1 atom stereocenters. The highest BCUT2D eigenvalue weighted by atomic mass is 16.5. The molecule has 0 bridgehead atoms. The first-order valence-electron chi connectivity index (χ1n) is 6.45. The van der Waals surface area contributed by atoms with Crippen LogP contribution in [0.15, 0.2) is 18.2 Å². The number of anilines is 2. The van der Waals surface area contributed by atoms with Crippen LogP contribution in [-0.2, 0) is 9.59 Å². The van der Waals surface area contributed by atoms with E-state index < -0.39 is 11.6 Å². The van der Waals surface area contributed by atoms with Crippen molar-refractivity contribution >= 4 is 23.2 Å². The van der Waals surface area contributed by atoms with E-state index in [4.69, 9.17) is 10.5 Å². The van der Waals surface area contributed by atoms with Gasteiger partial charge in [-0.2, -0.15) is 0 Å². The van der Waals surface area contributed by atoms with Gasteiger partial charge in [-0.3, -0.25) is 9.59 Å². The van der Waals surface area contributed by atoms with Crippen LogP contribution >= 0.6 is 0 Å². The first-order valence-corrected chi connectivity index (χ1v) is 6.45. The van der Waals surface area contributed by atoms with Crippen molar-refractivity contribution in [2.45, 2.75) is 38.8 Å². The lowest BCUT2D eigenvalue weighted by atomic mass is 10.0. The molecule has 1 unspecified atom stereocenters. The topological polar surface area (TPSA) is 93.4 Å². The molecule has 6 heteroatoms. The van der Waals surface area contributed by atoms with E-state index in [9.17, 15) is 9.59 Å². The average Bonchev–Trinajstić information content (AvgIpc) is 2.28. The van der Waals surface area contributed by atoms with Gasteiger partial charge < -0.3 is 21.1 Å². The van der Waals surface area contributed by atoms with E-state index in [1.54, 1.807) is 39.0 Å². The molecule has 1 aromatic rings. The summed E-state index contributed by atoms with van der Waals surface area (Å²) in [4.78, 5) is 23.3. The van der Waals surface area contributed by atoms with E-state index in [1.165, 1.54) is 0 Å². The average molecular weight is 277 g/mol. The Bertz CT molecular complexity index is 549. The third-order valence-electron chi connectivity index (χ3n) is 2.81. The molecule has 1 heterocycles. The molecule has 108 valence electrons. The molecular weight excluding hydrogens is 258 g/mol. The summed E-state index contributed by atoms with van der Waals surface area (Å²) in [6.07, 6.45) is -0.301. The van der Waals surface area contributed by atoms with Gasteiger partial charge in [-0.1, -0.05) is 0 Å². The number of hydrogen-bond donors (Lipinski definition) is 3. The van der Waals surface area contributed by atoms with Gasteiger partial charge >= 0.3 is 0 Å². The minimum absolute atomic E-state index is 0.172. The number of nitrogens with one attached hydrogen (secondary N) is 2. The molecule has 2 amide bonds. The first-order chi connectivity index (χ1) is 9.24. The Hall–Kier alpha value is -2.08. The van der Waals surface area contributed by atoms with Crippen molar-refractivity contribution in [3.63, 3.8) is 0 Å². The highest BCUT2D eigenvalue weighted by Crippen LogP contribution is 2.32. The maximum absolute atomic E-state index is 11.8. The fourth-order valence-electron chi connectivity index (χ4n) is 1.91. The number of hydrogen-bond acceptors (Lipinski definition) is 4. The van der Waals surface area contributed by atoms with Crippen molar-refractivity contribution in [1.29, 1.82) is 0 Å². The summed E-state index contributed by atoms with van der Waals surface area (Å²) < 4.78 is 5.44. The summed E-state index contributed by atoms with van der Waals surface area (Å²) >= 11 is 0. The SMILES string of the molecule is CC1Oc2ccc(NC(=O)CC(C)(C)N)cc2NC1=O. The van der Waals surface area contributed by atoms with Gasteiger partial charge in [0.15, 0.2) is 6.10 Å². The van der Waals surface area contributed by atoms with E-state index >= 15 is 0 Å². The van der Waals surface area contributed by atoms with Crippen molar-refractivity contribution in [3.8, 4) is 5.75 Å². The fourth-order valence-corrected chi connectivity index (χ4v) is 1.91. The normalized spacial score (nSPS) is 17.8. The summed E-state index contributed by atoms with van der Waals surface area (Å²) in [5, 5.41) is 5.48. The van der Waals surface area contributed by atoms with E-state index in [2.05, 4.69) is 10.6 Å². The molecule has 1 aliphatic heterocycles. The second-order valence-corrected chi connectivity index (χ2v) is 5.67. The molecule has 2 rings (SSSR count). The van der Waals surface area contributed by atoms with E-state index in [-0.39, 0.29) is 18.2 Å². The second-order valence-electron chi connectivity index (χ2n) is 5.67. The first kappa shape index (κ1) is 14.3. The van der Waals surface area contributed by atoms with Gasteiger partial charge in [0, 0.05) is 17.6 Å². The molecule has 1 aliphatic rings. The molecule has 0 saturated carbocycles. The van der Waals surface area contributed by atoms with Crippen molar-refractivity contribution in [1.82, 2.24) is 0 Å². The smallest absolute Gasteiger partial charge is 0.265 e. The molecule has 0 saturated heterocycles. The van der Waals surface area contributed by atoms with E-state index in [0.29, 0.717) is 17.1 Å². The zero-order chi connectivity index (χ0) is 14.9. The number of carbonyl (C=O) groups excluding carboxylic acids is 2. The second kappa shape index (κ2) is 5.13. The predicted molar refractivity (Wildman–Crippen MR) is 76.7 cm³/mol. The molecule has 4 N–H and O–H groups in total. The molecule has 0 aromatic heterocycles. The number of benzene rings is 1. The van der Waals surface area contributed by atoms with Crippen LogP contribution in [0.1, 0.15) is 27.2 Å².